The van der Waals surface area contributed by atoms with E-state index in [1.165, 1.54) is 0 Å². The van der Waals surface area contributed by atoms with E-state index >= 15 is 0 Å². The van der Waals surface area contributed by atoms with Crippen molar-refractivity contribution in [2.45, 2.75) is 6.42 Å². The summed E-state index contributed by atoms with van der Waals surface area (Å²) in [5, 5.41) is 4.37. The molecule has 5 nitrogen and oxygen atoms in total. The zero-order chi connectivity index (χ0) is 18.1. The molecule has 6 heteroatoms. The monoisotopic (exact) mass is 365 g/mol. The summed E-state index contributed by atoms with van der Waals surface area (Å²) in [7, 11) is 0. The summed E-state index contributed by atoms with van der Waals surface area (Å²) >= 11 is 6.19. The maximum Gasteiger partial charge on any atom is 0.229 e. The molecule has 1 N–H and O–H groups in total. The van der Waals surface area contributed by atoms with Crippen LogP contribution in [0.15, 0.2) is 60.8 Å². The number of pyridine rings is 1. The van der Waals surface area contributed by atoms with E-state index in [4.69, 9.17) is 11.6 Å². The molecular weight excluding hydrogens is 350 g/mol. The standard InChI is InChI=1S/C20H16ClN3O2/c21-15-7-1-2-9-17(15)24-12-14(11-18(24)25)20(26)23-16-8-3-5-13-6-4-10-22-19(13)16/h1-10,14H,11-12H2,(H,23,26)/t14-/m0/s1. The Morgan fingerprint density at radius 2 is 1.92 bits per heavy atom. The first-order chi connectivity index (χ1) is 12.6. The van der Waals surface area contributed by atoms with Crippen molar-refractivity contribution in [2.24, 2.45) is 5.92 Å². The van der Waals surface area contributed by atoms with Crippen LogP contribution in [0.2, 0.25) is 5.02 Å². The molecular formula is C20H16ClN3O2. The topological polar surface area (TPSA) is 62.3 Å². The zero-order valence-corrected chi connectivity index (χ0v) is 14.6. The van der Waals surface area contributed by atoms with Crippen LogP contribution in [0.1, 0.15) is 6.42 Å². The summed E-state index contributed by atoms with van der Waals surface area (Å²) in [6, 6.07) is 16.6. The molecule has 0 spiro atoms. The number of amides is 2. The van der Waals surface area contributed by atoms with Gasteiger partial charge in [-0.3, -0.25) is 14.6 Å². The maximum atomic E-state index is 12.7. The predicted molar refractivity (Wildman–Crippen MR) is 102 cm³/mol. The average Bonchev–Trinajstić information content (AvgIpc) is 3.04. The van der Waals surface area contributed by atoms with E-state index in [9.17, 15) is 9.59 Å². The number of carbonyl (C=O) groups is 2. The highest BCUT2D eigenvalue weighted by atomic mass is 35.5. The van der Waals surface area contributed by atoms with Crippen molar-refractivity contribution in [1.29, 1.82) is 0 Å². The fourth-order valence-electron chi connectivity index (χ4n) is 3.23. The number of anilines is 2. The van der Waals surface area contributed by atoms with Crippen molar-refractivity contribution >= 4 is 45.7 Å². The minimum absolute atomic E-state index is 0.103. The number of rotatable bonds is 3. The summed E-state index contributed by atoms with van der Waals surface area (Å²) in [5.74, 6) is -0.724. The number of nitrogens with one attached hydrogen (secondary N) is 1. The van der Waals surface area contributed by atoms with Crippen LogP contribution in [-0.4, -0.2) is 23.3 Å². The molecule has 1 aromatic heterocycles. The number of fused-ring (bicyclic) bond motifs is 1. The van der Waals surface area contributed by atoms with E-state index in [1.54, 1.807) is 23.2 Å². The fraction of sp³-hybridized carbons (Fsp3) is 0.150. The molecule has 130 valence electrons. The second kappa shape index (κ2) is 6.77. The first-order valence-corrected chi connectivity index (χ1v) is 8.71. The Balaban J connectivity index is 1.54. The molecule has 1 atom stereocenters. The lowest BCUT2D eigenvalue weighted by atomic mass is 10.1. The van der Waals surface area contributed by atoms with Crippen LogP contribution >= 0.6 is 11.6 Å². The van der Waals surface area contributed by atoms with Gasteiger partial charge in [-0.15, -0.1) is 0 Å². The number of nitrogens with zero attached hydrogens (tertiary/aromatic N) is 2. The largest absolute Gasteiger partial charge is 0.324 e. The molecule has 0 aliphatic carbocycles. The van der Waals surface area contributed by atoms with Crippen molar-refractivity contribution in [3.8, 4) is 0 Å². The first kappa shape index (κ1) is 16.5. The van der Waals surface area contributed by atoms with E-state index in [-0.39, 0.29) is 18.2 Å². The van der Waals surface area contributed by atoms with Gasteiger partial charge in [0.25, 0.3) is 0 Å². The van der Waals surface area contributed by atoms with Crippen LogP contribution in [0.3, 0.4) is 0 Å². The molecule has 2 aromatic carbocycles. The van der Waals surface area contributed by atoms with Gasteiger partial charge >= 0.3 is 0 Å². The van der Waals surface area contributed by atoms with E-state index in [1.807, 2.05) is 42.5 Å². The average molecular weight is 366 g/mol. The number of hydrogen-bond acceptors (Lipinski definition) is 3. The first-order valence-electron chi connectivity index (χ1n) is 8.33. The SMILES string of the molecule is O=C(Nc1cccc2cccnc12)[C@H]1CC(=O)N(c2ccccc2Cl)C1. The van der Waals surface area contributed by atoms with Crippen molar-refractivity contribution < 1.29 is 9.59 Å². The molecule has 0 unspecified atom stereocenters. The van der Waals surface area contributed by atoms with Crippen molar-refractivity contribution in [1.82, 2.24) is 4.98 Å². The Bertz CT molecular complexity index is 1000. The number of benzene rings is 2. The van der Waals surface area contributed by atoms with Gasteiger partial charge < -0.3 is 10.2 Å². The van der Waals surface area contributed by atoms with Gasteiger partial charge in [0.15, 0.2) is 0 Å². The van der Waals surface area contributed by atoms with Crippen LogP contribution in [0, 0.1) is 5.92 Å². The molecule has 1 aliphatic heterocycles. The summed E-state index contributed by atoms with van der Waals surface area (Å²) in [5.41, 5.74) is 2.02. The highest BCUT2D eigenvalue weighted by Crippen LogP contribution is 2.31. The highest BCUT2D eigenvalue weighted by Gasteiger charge is 2.36. The number of para-hydroxylation sites is 2. The van der Waals surface area contributed by atoms with E-state index < -0.39 is 5.92 Å². The molecule has 1 fully saturated rings. The van der Waals surface area contributed by atoms with Crippen LogP contribution in [0.4, 0.5) is 11.4 Å². The Morgan fingerprint density at radius 1 is 1.12 bits per heavy atom. The van der Waals surface area contributed by atoms with Crippen LogP contribution < -0.4 is 10.2 Å². The van der Waals surface area contributed by atoms with Gasteiger partial charge in [0.2, 0.25) is 11.8 Å². The Hall–Kier alpha value is -2.92. The molecule has 2 heterocycles. The number of halogens is 1. The van der Waals surface area contributed by atoms with Crippen molar-refractivity contribution in [3.63, 3.8) is 0 Å². The maximum absolute atomic E-state index is 12.7. The Morgan fingerprint density at radius 3 is 2.77 bits per heavy atom. The van der Waals surface area contributed by atoms with Gasteiger partial charge in [-0.05, 0) is 24.3 Å². The normalized spacial score (nSPS) is 16.9. The lowest BCUT2D eigenvalue weighted by Crippen LogP contribution is -2.28. The van der Waals surface area contributed by atoms with Crippen molar-refractivity contribution in [3.05, 3.63) is 65.8 Å². The Kier molecular flexibility index (Phi) is 4.31. The molecule has 26 heavy (non-hydrogen) atoms. The fourth-order valence-corrected chi connectivity index (χ4v) is 3.46. The minimum Gasteiger partial charge on any atom is -0.324 e. The van der Waals surface area contributed by atoms with Gasteiger partial charge in [-0.2, -0.15) is 0 Å². The number of hydrogen-bond donors (Lipinski definition) is 1. The lowest BCUT2D eigenvalue weighted by molar-refractivity contribution is -0.122. The third kappa shape index (κ3) is 3.02. The second-order valence-corrected chi connectivity index (χ2v) is 6.63. The smallest absolute Gasteiger partial charge is 0.229 e. The summed E-state index contributed by atoms with van der Waals surface area (Å²) < 4.78 is 0. The van der Waals surface area contributed by atoms with Gasteiger partial charge in [-0.25, -0.2) is 0 Å². The third-order valence-electron chi connectivity index (χ3n) is 4.53. The molecule has 0 bridgehead atoms. The van der Waals surface area contributed by atoms with Crippen LogP contribution in [-0.2, 0) is 9.59 Å². The van der Waals surface area contributed by atoms with E-state index in [0.29, 0.717) is 22.9 Å². The van der Waals surface area contributed by atoms with E-state index in [2.05, 4.69) is 10.3 Å². The van der Waals surface area contributed by atoms with Crippen LogP contribution in [0.5, 0.6) is 0 Å². The van der Waals surface area contributed by atoms with Gasteiger partial charge in [0, 0.05) is 24.5 Å². The quantitative estimate of drug-likeness (QED) is 0.766. The van der Waals surface area contributed by atoms with Crippen molar-refractivity contribution in [2.75, 3.05) is 16.8 Å². The third-order valence-corrected chi connectivity index (χ3v) is 4.85. The molecule has 0 radical (unpaired) electrons. The van der Waals surface area contributed by atoms with Gasteiger partial charge in [0.1, 0.15) is 0 Å². The zero-order valence-electron chi connectivity index (χ0n) is 13.9. The van der Waals surface area contributed by atoms with Gasteiger partial charge in [-0.1, -0.05) is 41.9 Å². The predicted octanol–water partition coefficient (Wildman–Crippen LogP) is 3.88. The second-order valence-electron chi connectivity index (χ2n) is 6.23. The summed E-state index contributed by atoms with van der Waals surface area (Å²) in [6.45, 7) is 0.312. The summed E-state index contributed by atoms with van der Waals surface area (Å²) in [4.78, 5) is 31.0. The lowest BCUT2D eigenvalue weighted by Gasteiger charge is -2.18. The van der Waals surface area contributed by atoms with Crippen LogP contribution in [0.25, 0.3) is 10.9 Å². The molecule has 2 amide bonds. The molecule has 0 saturated carbocycles. The van der Waals surface area contributed by atoms with Gasteiger partial charge in [0.05, 0.1) is 27.8 Å². The minimum atomic E-state index is -0.433. The number of aromatic nitrogens is 1. The molecule has 1 saturated heterocycles. The number of carbonyl (C=O) groups excluding carboxylic acids is 2. The summed E-state index contributed by atoms with van der Waals surface area (Å²) in [6.07, 6.45) is 1.85. The molecule has 3 aromatic rings. The highest BCUT2D eigenvalue weighted by molar-refractivity contribution is 6.34. The molecule has 4 rings (SSSR count). The molecule has 1 aliphatic rings. The van der Waals surface area contributed by atoms with E-state index in [0.717, 1.165) is 10.9 Å². The Labute approximate surface area is 155 Å².